The first-order valence-electron chi connectivity index (χ1n) is 7.79. The highest BCUT2D eigenvalue weighted by atomic mass is 35.5. The lowest BCUT2D eigenvalue weighted by Gasteiger charge is -2.34. The maximum absolute atomic E-state index is 12.0. The molecule has 1 aliphatic carbocycles. The second kappa shape index (κ2) is 8.02. The van der Waals surface area contributed by atoms with Crippen molar-refractivity contribution in [2.75, 3.05) is 6.61 Å². The molecule has 1 saturated carbocycles. The number of hydrogen-bond acceptors (Lipinski definition) is 3. The van der Waals surface area contributed by atoms with E-state index in [1.807, 2.05) is 0 Å². The predicted molar refractivity (Wildman–Crippen MR) is 90.9 cm³/mol. The number of hydrogen-bond donors (Lipinski definition) is 1. The molecular formula is C17H21Cl2NO3. The van der Waals surface area contributed by atoms with Crippen LogP contribution in [-0.2, 0) is 9.53 Å². The van der Waals surface area contributed by atoms with Crippen molar-refractivity contribution < 1.29 is 14.3 Å². The van der Waals surface area contributed by atoms with Crippen molar-refractivity contribution in [2.24, 2.45) is 11.8 Å². The van der Waals surface area contributed by atoms with Gasteiger partial charge in [0.2, 0.25) is 0 Å². The first-order chi connectivity index (χ1) is 10.9. The minimum absolute atomic E-state index is 0.144. The lowest BCUT2D eigenvalue weighted by Crippen LogP contribution is -2.45. The molecular weight excluding hydrogens is 337 g/mol. The molecule has 0 spiro atoms. The lowest BCUT2D eigenvalue weighted by molar-refractivity contribution is -0.125. The van der Waals surface area contributed by atoms with E-state index in [1.165, 1.54) is 24.6 Å². The Balaban J connectivity index is 1.85. The fraction of sp³-hybridized carbons (Fsp3) is 0.529. The van der Waals surface area contributed by atoms with Gasteiger partial charge in [0.05, 0.1) is 5.56 Å². The summed E-state index contributed by atoms with van der Waals surface area (Å²) in [4.78, 5) is 23.9. The van der Waals surface area contributed by atoms with Crippen molar-refractivity contribution in [2.45, 2.75) is 39.2 Å². The van der Waals surface area contributed by atoms with E-state index in [2.05, 4.69) is 19.2 Å². The van der Waals surface area contributed by atoms with E-state index >= 15 is 0 Å². The number of ether oxygens (including phenoxy) is 1. The third kappa shape index (κ3) is 5.11. The van der Waals surface area contributed by atoms with E-state index in [4.69, 9.17) is 27.9 Å². The predicted octanol–water partition coefficient (Wildman–Crippen LogP) is 4.09. The van der Waals surface area contributed by atoms with Gasteiger partial charge >= 0.3 is 5.97 Å². The first-order valence-corrected chi connectivity index (χ1v) is 8.55. The summed E-state index contributed by atoms with van der Waals surface area (Å²) in [6.45, 7) is 4.04. The Kier molecular flexibility index (Phi) is 6.31. The maximum atomic E-state index is 12.0. The normalized spacial score (nSPS) is 24.1. The van der Waals surface area contributed by atoms with Gasteiger partial charge in [-0.25, -0.2) is 4.79 Å². The van der Waals surface area contributed by atoms with Gasteiger partial charge in [0.25, 0.3) is 5.91 Å². The van der Waals surface area contributed by atoms with Gasteiger partial charge in [-0.3, -0.25) is 4.79 Å². The Morgan fingerprint density at radius 3 is 2.48 bits per heavy atom. The average Bonchev–Trinajstić information content (AvgIpc) is 2.48. The Bertz CT molecular complexity index is 571. The molecule has 0 aliphatic heterocycles. The molecule has 2 rings (SSSR count). The molecule has 0 bridgehead atoms. The fourth-order valence-electron chi connectivity index (χ4n) is 2.92. The molecule has 0 saturated heterocycles. The second-order valence-corrected chi connectivity index (χ2v) is 7.05. The van der Waals surface area contributed by atoms with Crippen molar-refractivity contribution in [3.63, 3.8) is 0 Å². The summed E-state index contributed by atoms with van der Waals surface area (Å²) >= 11 is 11.7. The van der Waals surface area contributed by atoms with Crippen molar-refractivity contribution in [3.05, 3.63) is 33.8 Å². The van der Waals surface area contributed by atoms with E-state index in [-0.39, 0.29) is 24.1 Å². The lowest BCUT2D eigenvalue weighted by atomic mass is 9.78. The zero-order valence-electron chi connectivity index (χ0n) is 13.3. The van der Waals surface area contributed by atoms with Gasteiger partial charge in [0.15, 0.2) is 6.61 Å². The van der Waals surface area contributed by atoms with Crippen LogP contribution in [0, 0.1) is 11.8 Å². The topological polar surface area (TPSA) is 55.4 Å². The van der Waals surface area contributed by atoms with E-state index < -0.39 is 5.97 Å². The first kappa shape index (κ1) is 18.1. The summed E-state index contributed by atoms with van der Waals surface area (Å²) < 4.78 is 5.04. The van der Waals surface area contributed by atoms with Gasteiger partial charge in [-0.05, 0) is 36.5 Å². The van der Waals surface area contributed by atoms with Crippen LogP contribution >= 0.6 is 23.2 Å². The molecule has 1 fully saturated rings. The smallest absolute Gasteiger partial charge is 0.338 e. The Hall–Kier alpha value is -1.26. The maximum Gasteiger partial charge on any atom is 0.338 e. The van der Waals surface area contributed by atoms with Crippen LogP contribution in [0.5, 0.6) is 0 Å². The zero-order valence-corrected chi connectivity index (χ0v) is 14.8. The van der Waals surface area contributed by atoms with Gasteiger partial charge in [-0.2, -0.15) is 0 Å². The molecule has 0 radical (unpaired) electrons. The molecule has 0 unspecified atom stereocenters. The third-order valence-corrected chi connectivity index (χ3v) is 4.92. The molecule has 1 aromatic carbocycles. The summed E-state index contributed by atoms with van der Waals surface area (Å²) in [7, 11) is 0. The highest BCUT2D eigenvalue weighted by Crippen LogP contribution is 2.29. The number of benzene rings is 1. The molecule has 1 N–H and O–H groups in total. The van der Waals surface area contributed by atoms with E-state index in [0.29, 0.717) is 21.9 Å². The Morgan fingerprint density at radius 2 is 1.83 bits per heavy atom. The fourth-order valence-corrected chi connectivity index (χ4v) is 3.45. The molecule has 1 aromatic rings. The molecule has 6 heteroatoms. The minimum atomic E-state index is -0.616. The standard InChI is InChI=1S/C17H21Cl2NO3/c1-10-4-3-5-15(11(10)2)20-16(21)9-23-17(22)12-6-13(18)8-14(19)7-12/h6-8,10-11,15H,3-5,9H2,1-2H3,(H,20,21)/t10-,11-,15+/m0/s1. The van der Waals surface area contributed by atoms with Crippen LogP contribution in [0.3, 0.4) is 0 Å². The molecule has 1 amide bonds. The number of carbonyl (C=O) groups excluding carboxylic acids is 2. The third-order valence-electron chi connectivity index (χ3n) is 4.49. The number of nitrogens with one attached hydrogen (secondary N) is 1. The summed E-state index contributed by atoms with van der Waals surface area (Å²) in [5.41, 5.74) is 0.231. The number of rotatable bonds is 4. The summed E-state index contributed by atoms with van der Waals surface area (Å²) in [6, 6.07) is 4.58. The largest absolute Gasteiger partial charge is 0.452 e. The average molecular weight is 358 g/mol. The Morgan fingerprint density at radius 1 is 1.17 bits per heavy atom. The number of amides is 1. The van der Waals surface area contributed by atoms with Crippen LogP contribution in [0.2, 0.25) is 10.0 Å². The van der Waals surface area contributed by atoms with Gasteiger partial charge in [-0.1, -0.05) is 49.9 Å². The monoisotopic (exact) mass is 357 g/mol. The van der Waals surface area contributed by atoms with Gasteiger partial charge in [0, 0.05) is 16.1 Å². The summed E-state index contributed by atoms with van der Waals surface area (Å²) in [5.74, 6) is 0.118. The Labute approximate surface area is 146 Å². The molecule has 23 heavy (non-hydrogen) atoms. The highest BCUT2D eigenvalue weighted by Gasteiger charge is 2.28. The van der Waals surface area contributed by atoms with Crippen LogP contribution in [0.4, 0.5) is 0 Å². The molecule has 0 heterocycles. The van der Waals surface area contributed by atoms with Crippen LogP contribution in [0.15, 0.2) is 18.2 Å². The van der Waals surface area contributed by atoms with E-state index in [0.717, 1.165) is 12.8 Å². The number of carbonyl (C=O) groups is 2. The van der Waals surface area contributed by atoms with E-state index in [1.54, 1.807) is 0 Å². The quantitative estimate of drug-likeness (QED) is 0.825. The van der Waals surface area contributed by atoms with Gasteiger partial charge in [-0.15, -0.1) is 0 Å². The van der Waals surface area contributed by atoms with Crippen LogP contribution in [0.25, 0.3) is 0 Å². The summed E-state index contributed by atoms with van der Waals surface area (Å²) in [6.07, 6.45) is 3.27. The molecule has 4 nitrogen and oxygen atoms in total. The number of halogens is 2. The van der Waals surface area contributed by atoms with Crippen LogP contribution in [-0.4, -0.2) is 24.5 Å². The highest BCUT2D eigenvalue weighted by molar-refractivity contribution is 6.35. The van der Waals surface area contributed by atoms with Crippen LogP contribution < -0.4 is 5.32 Å². The summed E-state index contributed by atoms with van der Waals surface area (Å²) in [5, 5.41) is 3.65. The molecule has 126 valence electrons. The van der Waals surface area contributed by atoms with Crippen molar-refractivity contribution in [3.8, 4) is 0 Å². The SMILES string of the molecule is C[C@H]1[C@@H](C)CCC[C@H]1NC(=O)COC(=O)c1cc(Cl)cc(Cl)c1. The molecule has 0 aromatic heterocycles. The van der Waals surface area contributed by atoms with Crippen molar-refractivity contribution in [1.82, 2.24) is 5.32 Å². The zero-order chi connectivity index (χ0) is 17.0. The van der Waals surface area contributed by atoms with Gasteiger partial charge in [0.1, 0.15) is 0 Å². The van der Waals surface area contributed by atoms with Crippen molar-refractivity contribution in [1.29, 1.82) is 0 Å². The minimum Gasteiger partial charge on any atom is -0.452 e. The molecule has 3 atom stereocenters. The number of esters is 1. The van der Waals surface area contributed by atoms with Crippen LogP contribution in [0.1, 0.15) is 43.5 Å². The van der Waals surface area contributed by atoms with Gasteiger partial charge < -0.3 is 10.1 Å². The molecule has 1 aliphatic rings. The van der Waals surface area contributed by atoms with E-state index in [9.17, 15) is 9.59 Å². The van der Waals surface area contributed by atoms with Crippen molar-refractivity contribution >= 4 is 35.1 Å². The second-order valence-electron chi connectivity index (χ2n) is 6.18.